The van der Waals surface area contributed by atoms with Crippen molar-refractivity contribution < 1.29 is 4.79 Å². The molecule has 1 aromatic carbocycles. The van der Waals surface area contributed by atoms with Crippen LogP contribution < -0.4 is 5.32 Å². The Balaban J connectivity index is 2.21. The monoisotopic (exact) mass is 218 g/mol. The summed E-state index contributed by atoms with van der Waals surface area (Å²) in [4.78, 5) is 15.0. The SMILES string of the molecule is CC(=O)Nc1ccc(-c2cscn2)cc1. The molecule has 0 aliphatic carbocycles. The lowest BCUT2D eigenvalue weighted by Crippen LogP contribution is -2.05. The number of nitrogens with one attached hydrogen (secondary N) is 1. The van der Waals surface area contributed by atoms with E-state index < -0.39 is 0 Å². The Morgan fingerprint density at radius 2 is 2.07 bits per heavy atom. The van der Waals surface area contributed by atoms with E-state index in [4.69, 9.17) is 0 Å². The number of thiazole rings is 1. The lowest BCUT2D eigenvalue weighted by atomic mass is 10.1. The van der Waals surface area contributed by atoms with Crippen LogP contribution in [-0.4, -0.2) is 10.9 Å². The maximum atomic E-state index is 10.8. The maximum absolute atomic E-state index is 10.8. The number of benzene rings is 1. The molecule has 1 amide bonds. The van der Waals surface area contributed by atoms with Crippen molar-refractivity contribution in [2.24, 2.45) is 0 Å². The first-order valence-corrected chi connectivity index (χ1v) is 5.46. The van der Waals surface area contributed by atoms with Crippen LogP contribution in [0.15, 0.2) is 35.2 Å². The van der Waals surface area contributed by atoms with Crippen molar-refractivity contribution in [1.29, 1.82) is 0 Å². The van der Waals surface area contributed by atoms with E-state index in [9.17, 15) is 4.79 Å². The van der Waals surface area contributed by atoms with Gasteiger partial charge in [0.2, 0.25) is 5.91 Å². The van der Waals surface area contributed by atoms with Gasteiger partial charge >= 0.3 is 0 Å². The molecule has 0 radical (unpaired) electrons. The Hall–Kier alpha value is -1.68. The van der Waals surface area contributed by atoms with Gasteiger partial charge in [0, 0.05) is 23.6 Å². The molecule has 0 fully saturated rings. The number of carbonyl (C=O) groups excluding carboxylic acids is 1. The zero-order valence-electron chi connectivity index (χ0n) is 8.23. The second-order valence-electron chi connectivity index (χ2n) is 3.13. The second-order valence-corrected chi connectivity index (χ2v) is 3.85. The molecule has 0 saturated carbocycles. The number of hydrogen-bond acceptors (Lipinski definition) is 3. The number of anilines is 1. The van der Waals surface area contributed by atoms with Gasteiger partial charge in [-0.15, -0.1) is 11.3 Å². The van der Waals surface area contributed by atoms with E-state index in [-0.39, 0.29) is 5.91 Å². The summed E-state index contributed by atoms with van der Waals surface area (Å²) in [5.74, 6) is -0.0589. The Morgan fingerprint density at radius 3 is 2.60 bits per heavy atom. The highest BCUT2D eigenvalue weighted by Gasteiger charge is 2.00. The van der Waals surface area contributed by atoms with Gasteiger partial charge in [0.05, 0.1) is 11.2 Å². The summed E-state index contributed by atoms with van der Waals surface area (Å²) >= 11 is 1.57. The fourth-order valence-electron chi connectivity index (χ4n) is 1.28. The molecular formula is C11H10N2OS. The van der Waals surface area contributed by atoms with Gasteiger partial charge in [0.25, 0.3) is 0 Å². The van der Waals surface area contributed by atoms with Crippen molar-refractivity contribution in [3.63, 3.8) is 0 Å². The van der Waals surface area contributed by atoms with Crippen LogP contribution >= 0.6 is 11.3 Å². The van der Waals surface area contributed by atoms with Crippen molar-refractivity contribution in [2.75, 3.05) is 5.32 Å². The Morgan fingerprint density at radius 1 is 1.33 bits per heavy atom. The number of amides is 1. The van der Waals surface area contributed by atoms with Gasteiger partial charge in [-0.1, -0.05) is 12.1 Å². The van der Waals surface area contributed by atoms with Crippen molar-refractivity contribution >= 4 is 22.9 Å². The predicted molar refractivity (Wildman–Crippen MR) is 61.9 cm³/mol. The Bertz CT molecular complexity index is 448. The first-order chi connectivity index (χ1) is 7.25. The third kappa shape index (κ3) is 2.41. The van der Waals surface area contributed by atoms with E-state index >= 15 is 0 Å². The summed E-state index contributed by atoms with van der Waals surface area (Å²) < 4.78 is 0. The van der Waals surface area contributed by atoms with Crippen molar-refractivity contribution in [3.05, 3.63) is 35.2 Å². The van der Waals surface area contributed by atoms with Crippen molar-refractivity contribution in [1.82, 2.24) is 4.98 Å². The van der Waals surface area contributed by atoms with Gasteiger partial charge in [0.15, 0.2) is 0 Å². The third-order valence-electron chi connectivity index (χ3n) is 1.93. The van der Waals surface area contributed by atoms with E-state index in [0.717, 1.165) is 16.9 Å². The van der Waals surface area contributed by atoms with Crippen LogP contribution in [-0.2, 0) is 4.79 Å². The molecule has 0 saturated heterocycles. The Labute approximate surface area is 91.8 Å². The van der Waals surface area contributed by atoms with Gasteiger partial charge < -0.3 is 5.32 Å². The van der Waals surface area contributed by atoms with Crippen LogP contribution in [0, 0.1) is 0 Å². The van der Waals surface area contributed by atoms with Gasteiger partial charge in [0.1, 0.15) is 0 Å². The molecule has 0 aliphatic rings. The highest BCUT2D eigenvalue weighted by Crippen LogP contribution is 2.20. The molecule has 4 heteroatoms. The summed E-state index contributed by atoms with van der Waals surface area (Å²) in [7, 11) is 0. The third-order valence-corrected chi connectivity index (χ3v) is 2.52. The summed E-state index contributed by atoms with van der Waals surface area (Å²) in [6, 6.07) is 7.63. The molecule has 0 atom stereocenters. The first kappa shape index (κ1) is 9.86. The number of aromatic nitrogens is 1. The van der Waals surface area contributed by atoms with Crippen LogP contribution in [0.5, 0.6) is 0 Å². The average molecular weight is 218 g/mol. The molecule has 2 aromatic rings. The minimum atomic E-state index is -0.0589. The number of hydrogen-bond donors (Lipinski definition) is 1. The van der Waals surface area contributed by atoms with Crippen LogP contribution in [0.3, 0.4) is 0 Å². The zero-order valence-corrected chi connectivity index (χ0v) is 9.04. The van der Waals surface area contributed by atoms with Crippen LogP contribution in [0.25, 0.3) is 11.3 Å². The van der Waals surface area contributed by atoms with E-state index in [2.05, 4.69) is 10.3 Å². The topological polar surface area (TPSA) is 42.0 Å². The molecule has 1 aromatic heterocycles. The quantitative estimate of drug-likeness (QED) is 0.842. The molecule has 0 unspecified atom stereocenters. The lowest BCUT2D eigenvalue weighted by Gasteiger charge is -2.02. The van der Waals surface area contributed by atoms with Crippen molar-refractivity contribution in [3.8, 4) is 11.3 Å². The van der Waals surface area contributed by atoms with Crippen LogP contribution in [0.2, 0.25) is 0 Å². The lowest BCUT2D eigenvalue weighted by molar-refractivity contribution is -0.114. The van der Waals surface area contributed by atoms with Crippen LogP contribution in [0.4, 0.5) is 5.69 Å². The smallest absolute Gasteiger partial charge is 0.221 e. The molecule has 0 spiro atoms. The van der Waals surface area contributed by atoms with E-state index in [0.29, 0.717) is 0 Å². The minimum Gasteiger partial charge on any atom is -0.326 e. The molecule has 1 N–H and O–H groups in total. The molecular weight excluding hydrogens is 208 g/mol. The summed E-state index contributed by atoms with van der Waals surface area (Å²) in [5.41, 5.74) is 4.64. The largest absolute Gasteiger partial charge is 0.326 e. The average Bonchev–Trinajstić information content (AvgIpc) is 2.71. The molecule has 0 aliphatic heterocycles. The predicted octanol–water partition coefficient (Wildman–Crippen LogP) is 2.77. The van der Waals surface area contributed by atoms with Gasteiger partial charge in [-0.25, -0.2) is 4.98 Å². The zero-order chi connectivity index (χ0) is 10.7. The highest BCUT2D eigenvalue weighted by atomic mass is 32.1. The van der Waals surface area contributed by atoms with Gasteiger partial charge in [-0.3, -0.25) is 4.79 Å². The number of nitrogens with zero attached hydrogens (tertiary/aromatic N) is 1. The fraction of sp³-hybridized carbons (Fsp3) is 0.0909. The molecule has 2 rings (SSSR count). The van der Waals surface area contributed by atoms with E-state index in [1.807, 2.05) is 29.6 Å². The molecule has 15 heavy (non-hydrogen) atoms. The van der Waals surface area contributed by atoms with Gasteiger partial charge in [-0.2, -0.15) is 0 Å². The Kier molecular flexibility index (Phi) is 2.78. The molecule has 0 bridgehead atoms. The number of carbonyl (C=O) groups is 1. The molecule has 1 heterocycles. The molecule has 76 valence electrons. The number of rotatable bonds is 2. The fourth-order valence-corrected chi connectivity index (χ4v) is 1.84. The van der Waals surface area contributed by atoms with Gasteiger partial charge in [-0.05, 0) is 12.1 Å². The normalized spacial score (nSPS) is 9.93. The summed E-state index contributed by atoms with van der Waals surface area (Å²) in [6.45, 7) is 1.49. The highest BCUT2D eigenvalue weighted by molar-refractivity contribution is 7.07. The minimum absolute atomic E-state index is 0.0589. The second kappa shape index (κ2) is 4.23. The van der Waals surface area contributed by atoms with E-state index in [1.165, 1.54) is 6.92 Å². The van der Waals surface area contributed by atoms with E-state index in [1.54, 1.807) is 16.8 Å². The first-order valence-electron chi connectivity index (χ1n) is 4.52. The molecule has 3 nitrogen and oxygen atoms in total. The summed E-state index contributed by atoms with van der Waals surface area (Å²) in [6.07, 6.45) is 0. The summed E-state index contributed by atoms with van der Waals surface area (Å²) in [5, 5.41) is 4.71. The standard InChI is InChI=1S/C11H10N2OS/c1-8(14)13-10-4-2-9(3-5-10)11-6-15-7-12-11/h2-7H,1H3,(H,13,14). The maximum Gasteiger partial charge on any atom is 0.221 e. The van der Waals surface area contributed by atoms with Crippen molar-refractivity contribution in [2.45, 2.75) is 6.92 Å². The van der Waals surface area contributed by atoms with Crippen LogP contribution in [0.1, 0.15) is 6.92 Å².